The second kappa shape index (κ2) is 8.10. The zero-order valence-corrected chi connectivity index (χ0v) is 17.0. The Morgan fingerprint density at radius 1 is 1.09 bits per heavy atom. The summed E-state index contributed by atoms with van der Waals surface area (Å²) in [5, 5.41) is 32.6. The number of phenolic OH excluding ortho intramolecular Hbond substituents is 2. The van der Waals surface area contributed by atoms with Gasteiger partial charge in [-0.05, 0) is 48.4 Å². The molecule has 0 fully saturated rings. The van der Waals surface area contributed by atoms with Gasteiger partial charge in [-0.3, -0.25) is 4.79 Å². The van der Waals surface area contributed by atoms with E-state index in [-0.39, 0.29) is 35.5 Å². The fraction of sp³-hybridized carbons (Fsp3) is 0.174. The molecule has 0 unspecified atom stereocenters. The number of carboxylic acids is 1. The van der Waals surface area contributed by atoms with Crippen molar-refractivity contribution in [3.05, 3.63) is 69.7 Å². The number of carbonyl (C=O) groups excluding carboxylic acids is 1. The van der Waals surface area contributed by atoms with Gasteiger partial charge in [-0.15, -0.1) is 0 Å². The minimum Gasteiger partial charge on any atom is -0.508 e. The Balaban J connectivity index is 1.56. The minimum atomic E-state index is -1.24. The number of hydrogen-bond acceptors (Lipinski definition) is 6. The maximum atomic E-state index is 12.6. The molecule has 4 rings (SSSR count). The average molecular weight is 436 g/mol. The van der Waals surface area contributed by atoms with E-state index >= 15 is 0 Å². The summed E-state index contributed by atoms with van der Waals surface area (Å²) in [4.78, 5) is 39.8. The molecule has 1 atom stereocenters. The van der Waals surface area contributed by atoms with E-state index in [0.29, 0.717) is 21.9 Å². The fourth-order valence-electron chi connectivity index (χ4n) is 3.75. The number of aromatic nitrogens is 1. The molecule has 0 aliphatic carbocycles. The molecule has 9 nitrogen and oxygen atoms in total. The number of phenols is 2. The zero-order chi connectivity index (χ0) is 23.0. The Bertz CT molecular complexity index is 1420. The number of nitrogens with one attached hydrogen (secondary N) is 2. The number of carbonyl (C=O) groups is 2. The topological polar surface area (TPSA) is 153 Å². The van der Waals surface area contributed by atoms with Crippen molar-refractivity contribution in [2.75, 3.05) is 0 Å². The molecule has 5 N–H and O–H groups in total. The van der Waals surface area contributed by atoms with Gasteiger partial charge < -0.3 is 30.0 Å². The number of aliphatic carboxylic acids is 1. The van der Waals surface area contributed by atoms with Crippen LogP contribution >= 0.6 is 0 Å². The third kappa shape index (κ3) is 4.00. The molecular weight excluding hydrogens is 416 g/mol. The quantitative estimate of drug-likeness (QED) is 0.291. The normalized spacial score (nSPS) is 12.2. The lowest BCUT2D eigenvalue weighted by Gasteiger charge is -2.15. The van der Waals surface area contributed by atoms with Crippen LogP contribution < -0.4 is 10.9 Å². The van der Waals surface area contributed by atoms with Crippen LogP contribution in [0.3, 0.4) is 0 Å². The van der Waals surface area contributed by atoms with Crippen molar-refractivity contribution >= 4 is 33.7 Å². The Hall–Kier alpha value is -4.27. The first kappa shape index (κ1) is 21.0. The van der Waals surface area contributed by atoms with Gasteiger partial charge in [-0.25, -0.2) is 9.59 Å². The molecule has 0 radical (unpaired) electrons. The van der Waals surface area contributed by atoms with Gasteiger partial charge in [0.1, 0.15) is 23.1 Å². The molecule has 0 spiro atoms. The number of aromatic amines is 1. The standard InChI is InChI=1S/C23H20N2O7/c1-11-15-4-2-14(27)8-20(15)32-23(31)16(11)9-21(28)25-19(22(29)30)6-12-10-24-18-5-3-13(26)7-17(12)18/h2-5,7-8,10,19,24,26-27H,6,9H2,1H3,(H,25,28)(H,29,30)/t19-/m1/s1. The average Bonchev–Trinajstić information content (AvgIpc) is 3.12. The van der Waals surface area contributed by atoms with Gasteiger partial charge in [0.2, 0.25) is 5.91 Å². The van der Waals surface area contributed by atoms with Crippen molar-refractivity contribution in [2.45, 2.75) is 25.8 Å². The molecule has 0 bridgehead atoms. The molecule has 32 heavy (non-hydrogen) atoms. The lowest BCUT2D eigenvalue weighted by Crippen LogP contribution is -2.43. The van der Waals surface area contributed by atoms with E-state index < -0.39 is 23.5 Å². The first-order valence-electron chi connectivity index (χ1n) is 9.79. The predicted octanol–water partition coefficient (Wildman–Crippen LogP) is 2.35. The van der Waals surface area contributed by atoms with E-state index in [9.17, 15) is 29.7 Å². The van der Waals surface area contributed by atoms with Crippen LogP contribution in [0.5, 0.6) is 11.5 Å². The Morgan fingerprint density at radius 3 is 2.56 bits per heavy atom. The van der Waals surface area contributed by atoms with E-state index in [1.165, 1.54) is 24.3 Å². The Morgan fingerprint density at radius 2 is 1.81 bits per heavy atom. The zero-order valence-electron chi connectivity index (χ0n) is 17.0. The molecule has 164 valence electrons. The number of aryl methyl sites for hydroxylation is 1. The smallest absolute Gasteiger partial charge is 0.340 e. The summed E-state index contributed by atoms with van der Waals surface area (Å²) in [6.07, 6.45) is 1.25. The number of fused-ring (bicyclic) bond motifs is 2. The number of rotatable bonds is 6. The van der Waals surface area contributed by atoms with Crippen molar-refractivity contribution in [2.24, 2.45) is 0 Å². The molecule has 2 aromatic carbocycles. The van der Waals surface area contributed by atoms with Crippen LogP contribution in [0.4, 0.5) is 0 Å². The molecular formula is C23H20N2O7. The van der Waals surface area contributed by atoms with Crippen LogP contribution in [0.15, 0.2) is 51.8 Å². The number of benzene rings is 2. The molecule has 0 saturated heterocycles. The van der Waals surface area contributed by atoms with Crippen LogP contribution in [0, 0.1) is 6.92 Å². The predicted molar refractivity (Wildman–Crippen MR) is 116 cm³/mol. The lowest BCUT2D eigenvalue weighted by molar-refractivity contribution is -0.141. The summed E-state index contributed by atoms with van der Waals surface area (Å²) in [5.41, 5.74) is 1.44. The number of carboxylic acid groups (broad SMARTS) is 1. The highest BCUT2D eigenvalue weighted by Gasteiger charge is 2.24. The first-order valence-corrected chi connectivity index (χ1v) is 9.79. The maximum Gasteiger partial charge on any atom is 0.340 e. The van der Waals surface area contributed by atoms with Gasteiger partial charge in [0.25, 0.3) is 0 Å². The van der Waals surface area contributed by atoms with E-state index in [0.717, 1.165) is 5.52 Å². The highest BCUT2D eigenvalue weighted by Crippen LogP contribution is 2.25. The van der Waals surface area contributed by atoms with Crippen molar-refractivity contribution in [3.63, 3.8) is 0 Å². The van der Waals surface area contributed by atoms with Gasteiger partial charge in [0, 0.05) is 35.0 Å². The van der Waals surface area contributed by atoms with Gasteiger partial charge in [-0.2, -0.15) is 0 Å². The molecule has 2 aromatic heterocycles. The molecule has 2 heterocycles. The van der Waals surface area contributed by atoms with Crippen molar-refractivity contribution in [1.82, 2.24) is 10.3 Å². The lowest BCUT2D eigenvalue weighted by atomic mass is 10.0. The van der Waals surface area contributed by atoms with E-state index in [1.807, 2.05) is 0 Å². The van der Waals surface area contributed by atoms with Crippen molar-refractivity contribution in [1.29, 1.82) is 0 Å². The van der Waals surface area contributed by atoms with Gasteiger partial charge in [0.15, 0.2) is 0 Å². The van der Waals surface area contributed by atoms with Crippen LogP contribution in [0.25, 0.3) is 21.9 Å². The van der Waals surface area contributed by atoms with Gasteiger partial charge >= 0.3 is 11.6 Å². The van der Waals surface area contributed by atoms with Crippen LogP contribution in [-0.4, -0.2) is 38.2 Å². The second-order valence-electron chi connectivity index (χ2n) is 7.56. The third-order valence-electron chi connectivity index (χ3n) is 5.42. The molecule has 0 aliphatic rings. The molecule has 0 saturated carbocycles. The highest BCUT2D eigenvalue weighted by molar-refractivity contribution is 5.89. The third-order valence-corrected chi connectivity index (χ3v) is 5.42. The summed E-state index contributed by atoms with van der Waals surface area (Å²) in [7, 11) is 0. The summed E-state index contributed by atoms with van der Waals surface area (Å²) in [6, 6.07) is 7.79. The number of amides is 1. The van der Waals surface area contributed by atoms with Crippen LogP contribution in [0.2, 0.25) is 0 Å². The highest BCUT2D eigenvalue weighted by atomic mass is 16.4. The first-order chi connectivity index (χ1) is 15.2. The molecule has 9 heteroatoms. The number of aromatic hydroxyl groups is 2. The Kier molecular flexibility index (Phi) is 5.31. The fourth-order valence-corrected chi connectivity index (χ4v) is 3.75. The van der Waals surface area contributed by atoms with Gasteiger partial charge in [-0.1, -0.05) is 0 Å². The summed E-state index contributed by atoms with van der Waals surface area (Å²) >= 11 is 0. The SMILES string of the molecule is Cc1c(CC(=O)N[C@H](Cc2c[nH]c3ccc(O)cc23)C(=O)O)c(=O)oc2cc(O)ccc12. The monoisotopic (exact) mass is 436 g/mol. The van der Waals surface area contributed by atoms with Crippen LogP contribution in [-0.2, 0) is 22.4 Å². The molecule has 0 aliphatic heterocycles. The summed E-state index contributed by atoms with van der Waals surface area (Å²) < 4.78 is 5.21. The minimum absolute atomic E-state index is 0.0187. The van der Waals surface area contributed by atoms with E-state index in [1.54, 1.807) is 25.3 Å². The summed E-state index contributed by atoms with van der Waals surface area (Å²) in [5.74, 6) is -1.89. The van der Waals surface area contributed by atoms with E-state index in [4.69, 9.17) is 4.42 Å². The van der Waals surface area contributed by atoms with E-state index in [2.05, 4.69) is 10.3 Å². The summed E-state index contributed by atoms with van der Waals surface area (Å²) in [6.45, 7) is 1.66. The largest absolute Gasteiger partial charge is 0.508 e. The van der Waals surface area contributed by atoms with Crippen molar-refractivity contribution < 1.29 is 29.3 Å². The molecule has 1 amide bonds. The Labute approximate surface area is 180 Å². The van der Waals surface area contributed by atoms with Gasteiger partial charge in [0.05, 0.1) is 12.0 Å². The van der Waals surface area contributed by atoms with Crippen molar-refractivity contribution in [3.8, 4) is 11.5 Å². The van der Waals surface area contributed by atoms with Crippen LogP contribution in [0.1, 0.15) is 16.7 Å². The molecule has 4 aromatic rings. The maximum absolute atomic E-state index is 12.6. The number of H-pyrrole nitrogens is 1. The second-order valence-corrected chi connectivity index (χ2v) is 7.56. The number of hydrogen-bond donors (Lipinski definition) is 5.